The van der Waals surface area contributed by atoms with Gasteiger partial charge in [0.05, 0.1) is 6.42 Å². The zero-order chi connectivity index (χ0) is 8.69. The molecule has 0 atom stereocenters. The van der Waals surface area contributed by atoms with Crippen LogP contribution in [0.3, 0.4) is 0 Å². The summed E-state index contributed by atoms with van der Waals surface area (Å²) in [5.74, 6) is -0.266. The van der Waals surface area contributed by atoms with E-state index in [9.17, 15) is 4.79 Å². The summed E-state index contributed by atoms with van der Waals surface area (Å²) in [4.78, 5) is 11.3. The fraction of sp³-hybridized carbons (Fsp3) is 0.375. The summed E-state index contributed by atoms with van der Waals surface area (Å²) in [6.45, 7) is 4.00. The first-order valence-corrected chi connectivity index (χ1v) is 4.47. The lowest BCUT2D eigenvalue weighted by Crippen LogP contribution is -2.12. The van der Waals surface area contributed by atoms with Crippen molar-refractivity contribution >= 4 is 17.2 Å². The average Bonchev–Trinajstić information content (AvgIpc) is 2.43. The number of rotatable bonds is 2. The van der Waals surface area contributed by atoms with Crippen molar-refractivity contribution in [1.82, 2.24) is 0 Å². The molecule has 1 rings (SSSR count). The van der Waals surface area contributed by atoms with Crippen LogP contribution < -0.4 is 5.73 Å². The molecule has 11 heavy (non-hydrogen) atoms. The topological polar surface area (TPSA) is 43.1 Å². The van der Waals surface area contributed by atoms with Gasteiger partial charge in [0, 0.05) is 6.30 Å². The molecule has 64 valence electrons. The Hall–Kier alpha value is -0.830. The van der Waals surface area contributed by atoms with Crippen molar-refractivity contribution in [3.63, 3.8) is 0 Å². The number of hydrogen-bond donors (Lipinski definition) is 1. The van der Waals surface area contributed by atoms with E-state index in [4.69, 9.17) is 5.73 Å². The van der Waals surface area contributed by atoms with Crippen LogP contribution in [-0.2, 0) is 11.2 Å². The Balaban J connectivity index is 0. The highest BCUT2D eigenvalue weighted by atomic mass is 32.1. The average molecular weight is 173 g/mol. The van der Waals surface area contributed by atoms with Crippen LogP contribution in [0, 0.1) is 0 Å². The molecule has 1 heterocycles. The fourth-order valence-electron chi connectivity index (χ4n) is 0.585. The van der Waals surface area contributed by atoms with E-state index in [-0.39, 0.29) is 7.33 Å². The van der Waals surface area contributed by atoms with E-state index >= 15 is 0 Å². The first-order chi connectivity index (χ1) is 5.29. The van der Waals surface area contributed by atoms with Crippen LogP contribution in [0.25, 0.3) is 0 Å². The maximum Gasteiger partial charge on any atom is 0.222 e. The largest absolute Gasteiger partial charge is 0.369 e. The molecule has 2 nitrogen and oxygen atoms in total. The third-order valence-electron chi connectivity index (χ3n) is 0.929. The van der Waals surface area contributed by atoms with Crippen molar-refractivity contribution in [3.05, 3.63) is 22.4 Å². The first kappa shape index (κ1) is 10.2. The van der Waals surface area contributed by atoms with E-state index < -0.39 is 0 Å². The fourth-order valence-corrected chi connectivity index (χ4v) is 1.30. The van der Waals surface area contributed by atoms with E-state index in [1.807, 2.05) is 31.4 Å². The molecular weight excluding hydrogens is 158 g/mol. The zero-order valence-electron chi connectivity index (χ0n) is 6.83. The normalized spacial score (nSPS) is 8.18. The van der Waals surface area contributed by atoms with E-state index in [1.54, 1.807) is 11.3 Å². The zero-order valence-corrected chi connectivity index (χ0v) is 7.65. The molecule has 0 saturated heterocycles. The van der Waals surface area contributed by atoms with Crippen LogP contribution in [0.5, 0.6) is 0 Å². The van der Waals surface area contributed by atoms with E-state index in [0.717, 1.165) is 4.88 Å². The summed E-state index contributed by atoms with van der Waals surface area (Å²) >= 11 is 1.55. The predicted octanol–water partition coefficient (Wildman–Crippen LogP) is 2.05. The minimum Gasteiger partial charge on any atom is -0.369 e. The highest BCUT2D eigenvalue weighted by Crippen LogP contribution is 2.07. The molecular formula is C8H15NOS. The summed E-state index contributed by atoms with van der Waals surface area (Å²) in [5.41, 5.74) is 4.95. The summed E-state index contributed by atoms with van der Waals surface area (Å²) in [7, 11) is 0. The Kier molecular flexibility index (Phi) is 5.47. The molecule has 1 aromatic rings. The third-order valence-corrected chi connectivity index (χ3v) is 1.80. The van der Waals surface area contributed by atoms with Crippen LogP contribution >= 0.6 is 11.3 Å². The molecule has 0 saturated carbocycles. The molecule has 0 fully saturated rings. The SMILES string of the molecule is CC.NC(=O)Cc1cccs1.[HH]. The van der Waals surface area contributed by atoms with Gasteiger partial charge < -0.3 is 5.73 Å². The molecule has 0 unspecified atom stereocenters. The van der Waals surface area contributed by atoms with Crippen LogP contribution in [0.15, 0.2) is 17.5 Å². The van der Waals surface area contributed by atoms with Crippen LogP contribution in [-0.4, -0.2) is 5.91 Å². The second-order valence-corrected chi connectivity index (χ2v) is 2.75. The Morgan fingerprint density at radius 3 is 2.73 bits per heavy atom. The summed E-state index contributed by atoms with van der Waals surface area (Å²) in [6, 6.07) is 3.80. The second-order valence-electron chi connectivity index (χ2n) is 1.72. The first-order valence-electron chi connectivity index (χ1n) is 3.60. The molecule has 0 aliphatic heterocycles. The number of primary amides is 1. The monoisotopic (exact) mass is 173 g/mol. The Labute approximate surface area is 72.5 Å². The highest BCUT2D eigenvalue weighted by Gasteiger charge is 1.96. The van der Waals surface area contributed by atoms with E-state index in [2.05, 4.69) is 0 Å². The maximum atomic E-state index is 10.3. The smallest absolute Gasteiger partial charge is 0.222 e. The molecule has 0 aromatic carbocycles. The van der Waals surface area contributed by atoms with Crippen molar-refractivity contribution < 1.29 is 6.22 Å². The standard InChI is InChI=1S/C6H7NOS.C2H6.H2/c7-6(8)4-5-2-1-3-9-5;1-2;/h1-3H,4H2,(H2,7,8);1-2H3;1H. The highest BCUT2D eigenvalue weighted by molar-refractivity contribution is 7.10. The summed E-state index contributed by atoms with van der Waals surface area (Å²) in [5, 5.41) is 1.93. The lowest BCUT2D eigenvalue weighted by molar-refractivity contribution is -0.117. The molecule has 0 bridgehead atoms. The van der Waals surface area contributed by atoms with Gasteiger partial charge in [-0.25, -0.2) is 0 Å². The van der Waals surface area contributed by atoms with Crippen LogP contribution in [0.1, 0.15) is 20.2 Å². The number of nitrogens with two attached hydrogens (primary N) is 1. The van der Waals surface area contributed by atoms with Crippen molar-refractivity contribution in [2.75, 3.05) is 0 Å². The quantitative estimate of drug-likeness (QED) is 0.730. The Morgan fingerprint density at radius 2 is 2.36 bits per heavy atom. The molecule has 0 aliphatic carbocycles. The van der Waals surface area contributed by atoms with Gasteiger partial charge in [0.25, 0.3) is 0 Å². The van der Waals surface area contributed by atoms with Crippen LogP contribution in [0.4, 0.5) is 0 Å². The van der Waals surface area contributed by atoms with E-state index in [1.165, 1.54) is 0 Å². The van der Waals surface area contributed by atoms with Gasteiger partial charge in [-0.1, -0.05) is 19.9 Å². The van der Waals surface area contributed by atoms with Gasteiger partial charge in [-0.05, 0) is 11.4 Å². The number of hydrogen-bond acceptors (Lipinski definition) is 2. The molecule has 0 spiro atoms. The number of thiophene rings is 1. The van der Waals surface area contributed by atoms with Crippen LogP contribution in [0.2, 0.25) is 0 Å². The van der Waals surface area contributed by atoms with Gasteiger partial charge in [0.2, 0.25) is 5.91 Å². The van der Waals surface area contributed by atoms with Crippen molar-refractivity contribution in [1.29, 1.82) is 0 Å². The van der Waals surface area contributed by atoms with Gasteiger partial charge in [-0.2, -0.15) is 0 Å². The minimum atomic E-state index is -0.266. The van der Waals surface area contributed by atoms with Crippen molar-refractivity contribution in [2.24, 2.45) is 5.73 Å². The molecule has 2 N–H and O–H groups in total. The Bertz CT molecular complexity index is 199. The minimum absolute atomic E-state index is 0. The predicted molar refractivity (Wildman–Crippen MR) is 50.7 cm³/mol. The number of carbonyl (C=O) groups is 1. The summed E-state index contributed by atoms with van der Waals surface area (Å²) in [6.07, 6.45) is 0.373. The summed E-state index contributed by atoms with van der Waals surface area (Å²) < 4.78 is 0. The van der Waals surface area contributed by atoms with Gasteiger partial charge in [0.1, 0.15) is 0 Å². The number of carbonyl (C=O) groups excluding carboxylic acids is 1. The maximum absolute atomic E-state index is 10.3. The van der Waals surface area contributed by atoms with Gasteiger partial charge in [-0.15, -0.1) is 11.3 Å². The van der Waals surface area contributed by atoms with E-state index in [0.29, 0.717) is 6.42 Å². The number of amides is 1. The van der Waals surface area contributed by atoms with Gasteiger partial charge in [0.15, 0.2) is 0 Å². The second kappa shape index (κ2) is 5.92. The van der Waals surface area contributed by atoms with Gasteiger partial charge >= 0.3 is 0 Å². The van der Waals surface area contributed by atoms with Crippen molar-refractivity contribution in [2.45, 2.75) is 20.3 Å². The lowest BCUT2D eigenvalue weighted by Gasteiger charge is -1.86. The molecule has 0 aliphatic rings. The molecule has 3 heteroatoms. The molecule has 1 amide bonds. The lowest BCUT2D eigenvalue weighted by atomic mass is 10.3. The molecule has 0 radical (unpaired) electrons. The third kappa shape index (κ3) is 4.56. The van der Waals surface area contributed by atoms with Crippen molar-refractivity contribution in [3.8, 4) is 0 Å². The Morgan fingerprint density at radius 1 is 1.73 bits per heavy atom. The molecule has 1 aromatic heterocycles. The van der Waals surface area contributed by atoms with Gasteiger partial charge in [-0.3, -0.25) is 4.79 Å².